The van der Waals surface area contributed by atoms with Crippen LogP contribution in [0, 0.1) is 0 Å². The molecule has 0 aromatic heterocycles. The Morgan fingerprint density at radius 1 is 1.40 bits per heavy atom. The first-order valence-electron chi connectivity index (χ1n) is 6.38. The smallest absolute Gasteiger partial charge is 0.407 e. The van der Waals surface area contributed by atoms with Crippen molar-refractivity contribution in [3.05, 3.63) is 35.9 Å². The molecule has 1 aromatic rings. The lowest BCUT2D eigenvalue weighted by atomic mass is 10.0. The number of ether oxygens (including phenoxy) is 1. The predicted octanol–water partition coefficient (Wildman–Crippen LogP) is 0.872. The Kier molecular flexibility index (Phi) is 4.34. The highest BCUT2D eigenvalue weighted by atomic mass is 16.6. The second kappa shape index (κ2) is 6.18. The number of carbonyl (C=O) groups excluding carboxylic acids is 3. The summed E-state index contributed by atoms with van der Waals surface area (Å²) in [5, 5.41) is 5.07. The number of amides is 2. The zero-order chi connectivity index (χ0) is 14.5. The second-order valence-electron chi connectivity index (χ2n) is 4.70. The summed E-state index contributed by atoms with van der Waals surface area (Å²) in [6.45, 7) is 1.76. The lowest BCUT2D eigenvalue weighted by Gasteiger charge is -2.15. The van der Waals surface area contributed by atoms with Crippen molar-refractivity contribution in [1.29, 1.82) is 0 Å². The Labute approximate surface area is 116 Å². The minimum absolute atomic E-state index is 0.0179. The molecule has 6 nitrogen and oxygen atoms in total. The largest absolute Gasteiger partial charge is 0.447 e. The van der Waals surface area contributed by atoms with Gasteiger partial charge in [-0.25, -0.2) is 4.79 Å². The molecule has 2 N–H and O–H groups in total. The summed E-state index contributed by atoms with van der Waals surface area (Å²) in [4.78, 5) is 34.6. The van der Waals surface area contributed by atoms with Crippen LogP contribution in [0.4, 0.5) is 4.79 Å². The molecule has 2 rings (SSSR count). The van der Waals surface area contributed by atoms with Gasteiger partial charge in [0.15, 0.2) is 5.78 Å². The molecule has 2 amide bonds. The van der Waals surface area contributed by atoms with Gasteiger partial charge in [0, 0.05) is 18.0 Å². The van der Waals surface area contributed by atoms with Gasteiger partial charge in [-0.1, -0.05) is 30.3 Å². The van der Waals surface area contributed by atoms with Gasteiger partial charge >= 0.3 is 6.09 Å². The Balaban J connectivity index is 1.83. The number of benzene rings is 1. The Hall–Kier alpha value is -2.37. The summed E-state index contributed by atoms with van der Waals surface area (Å²) in [5.74, 6) is -0.380. The molecular formula is C14H16N2O4. The van der Waals surface area contributed by atoms with Gasteiger partial charge in [-0.05, 0) is 6.92 Å². The van der Waals surface area contributed by atoms with Crippen molar-refractivity contribution in [3.63, 3.8) is 0 Å². The number of nitrogens with one attached hydrogen (secondary N) is 2. The summed E-state index contributed by atoms with van der Waals surface area (Å²) in [5.41, 5.74) is 0.617. The molecule has 6 heteroatoms. The second-order valence-corrected chi connectivity index (χ2v) is 4.70. The number of ketones is 1. The first-order valence-corrected chi connectivity index (χ1v) is 6.38. The molecular weight excluding hydrogens is 260 g/mol. The monoisotopic (exact) mass is 276 g/mol. The van der Waals surface area contributed by atoms with E-state index < -0.39 is 12.1 Å². The first kappa shape index (κ1) is 14.0. The van der Waals surface area contributed by atoms with E-state index in [1.54, 1.807) is 31.2 Å². The SMILES string of the molecule is CC(CC(=O)c1ccccc1)NC(=O)[C@@H]1COC(=O)N1. The molecule has 0 aliphatic carbocycles. The third-order valence-electron chi connectivity index (χ3n) is 2.97. The molecule has 1 aliphatic heterocycles. The van der Waals surface area contributed by atoms with Crippen molar-refractivity contribution < 1.29 is 19.1 Å². The molecule has 2 atom stereocenters. The molecule has 20 heavy (non-hydrogen) atoms. The van der Waals surface area contributed by atoms with E-state index in [4.69, 9.17) is 0 Å². The van der Waals surface area contributed by atoms with Crippen LogP contribution in [-0.4, -0.2) is 36.5 Å². The summed E-state index contributed by atoms with van der Waals surface area (Å²) in [6.07, 6.45) is -0.393. The zero-order valence-electron chi connectivity index (χ0n) is 11.1. The topological polar surface area (TPSA) is 84.5 Å². The minimum atomic E-state index is -0.684. The van der Waals surface area contributed by atoms with Crippen molar-refractivity contribution in [2.45, 2.75) is 25.4 Å². The fraction of sp³-hybridized carbons (Fsp3) is 0.357. The normalized spacial score (nSPS) is 18.9. The highest BCUT2D eigenvalue weighted by Gasteiger charge is 2.29. The quantitative estimate of drug-likeness (QED) is 0.782. The van der Waals surface area contributed by atoms with Crippen LogP contribution >= 0.6 is 0 Å². The Bertz CT molecular complexity index is 515. The molecule has 1 fully saturated rings. The maximum Gasteiger partial charge on any atom is 0.407 e. The molecule has 1 heterocycles. The summed E-state index contributed by atoms with van der Waals surface area (Å²) in [6, 6.07) is 7.91. The van der Waals surface area contributed by atoms with E-state index in [0.717, 1.165) is 0 Å². The number of alkyl carbamates (subject to hydrolysis) is 1. The van der Waals surface area contributed by atoms with Crippen LogP contribution in [0.25, 0.3) is 0 Å². The maximum atomic E-state index is 12.0. The van der Waals surface area contributed by atoms with Crippen molar-refractivity contribution in [3.8, 4) is 0 Å². The summed E-state index contributed by atoms with van der Waals surface area (Å²) in [7, 11) is 0. The van der Waals surface area contributed by atoms with Crippen molar-refractivity contribution in [2.24, 2.45) is 0 Å². The average molecular weight is 276 g/mol. The van der Waals surface area contributed by atoms with Crippen LogP contribution in [0.1, 0.15) is 23.7 Å². The Morgan fingerprint density at radius 2 is 2.10 bits per heavy atom. The summed E-state index contributed by atoms with van der Waals surface area (Å²) >= 11 is 0. The van der Waals surface area contributed by atoms with Gasteiger partial charge in [0.2, 0.25) is 5.91 Å². The molecule has 0 spiro atoms. The van der Waals surface area contributed by atoms with E-state index in [9.17, 15) is 14.4 Å². The first-order chi connectivity index (χ1) is 9.56. The minimum Gasteiger partial charge on any atom is -0.447 e. The predicted molar refractivity (Wildman–Crippen MR) is 71.3 cm³/mol. The molecule has 1 saturated heterocycles. The molecule has 106 valence electrons. The number of carbonyl (C=O) groups is 3. The molecule has 0 saturated carbocycles. The van der Waals surface area contributed by atoms with E-state index in [2.05, 4.69) is 15.4 Å². The third kappa shape index (κ3) is 3.57. The fourth-order valence-corrected chi connectivity index (χ4v) is 1.94. The fourth-order valence-electron chi connectivity index (χ4n) is 1.94. The highest BCUT2D eigenvalue weighted by molar-refractivity contribution is 5.96. The zero-order valence-corrected chi connectivity index (χ0v) is 11.1. The van der Waals surface area contributed by atoms with Crippen molar-refractivity contribution in [2.75, 3.05) is 6.61 Å². The van der Waals surface area contributed by atoms with E-state index in [1.165, 1.54) is 0 Å². The molecule has 1 aromatic carbocycles. The van der Waals surface area contributed by atoms with Crippen molar-refractivity contribution >= 4 is 17.8 Å². The van der Waals surface area contributed by atoms with Gasteiger partial charge in [0.1, 0.15) is 12.6 Å². The van der Waals surface area contributed by atoms with E-state index in [1.807, 2.05) is 6.07 Å². The average Bonchev–Trinajstić information content (AvgIpc) is 2.86. The van der Waals surface area contributed by atoms with Gasteiger partial charge in [0.05, 0.1) is 0 Å². The number of hydrogen-bond acceptors (Lipinski definition) is 4. The summed E-state index contributed by atoms with van der Waals surface area (Å²) < 4.78 is 4.64. The third-order valence-corrected chi connectivity index (χ3v) is 2.97. The van der Waals surface area contributed by atoms with Crippen LogP contribution in [0.15, 0.2) is 30.3 Å². The standard InChI is InChI=1S/C14H16N2O4/c1-9(7-12(17)10-5-3-2-4-6-10)15-13(18)11-8-20-14(19)16-11/h2-6,9,11H,7-8H2,1H3,(H,15,18)(H,16,19)/t9?,11-/m0/s1. The lowest BCUT2D eigenvalue weighted by molar-refractivity contribution is -0.123. The van der Waals surface area contributed by atoms with Gasteiger partial charge in [-0.2, -0.15) is 0 Å². The van der Waals surface area contributed by atoms with Crippen LogP contribution in [0.2, 0.25) is 0 Å². The van der Waals surface area contributed by atoms with Crippen LogP contribution in [0.5, 0.6) is 0 Å². The number of Topliss-reactive ketones (excluding diaryl/α,β-unsaturated/α-hetero) is 1. The van der Waals surface area contributed by atoms with Crippen molar-refractivity contribution in [1.82, 2.24) is 10.6 Å². The Morgan fingerprint density at radius 3 is 2.70 bits per heavy atom. The van der Waals surface area contributed by atoms with Gasteiger partial charge in [0.25, 0.3) is 0 Å². The van der Waals surface area contributed by atoms with Gasteiger partial charge < -0.3 is 15.4 Å². The molecule has 1 aliphatic rings. The maximum absolute atomic E-state index is 12.0. The number of hydrogen-bond donors (Lipinski definition) is 2. The van der Waals surface area contributed by atoms with E-state index >= 15 is 0 Å². The molecule has 0 radical (unpaired) electrons. The van der Waals surface area contributed by atoms with Gasteiger partial charge in [-0.3, -0.25) is 9.59 Å². The van der Waals surface area contributed by atoms with E-state index in [0.29, 0.717) is 5.56 Å². The van der Waals surface area contributed by atoms with Crippen LogP contribution in [0.3, 0.4) is 0 Å². The number of cyclic esters (lactones) is 1. The molecule has 0 bridgehead atoms. The van der Waals surface area contributed by atoms with E-state index in [-0.39, 0.29) is 30.8 Å². The number of rotatable bonds is 5. The molecule has 1 unspecified atom stereocenters. The lowest BCUT2D eigenvalue weighted by Crippen LogP contribution is -2.46. The highest BCUT2D eigenvalue weighted by Crippen LogP contribution is 2.06. The van der Waals surface area contributed by atoms with Crippen LogP contribution in [-0.2, 0) is 9.53 Å². The van der Waals surface area contributed by atoms with Crippen LogP contribution < -0.4 is 10.6 Å². The van der Waals surface area contributed by atoms with Gasteiger partial charge in [-0.15, -0.1) is 0 Å².